The Balaban J connectivity index is 2.22. The standard InChI is InChI=1S/C14H31N3/c1-3-10-17(2)11-9-16-14-8-6-4-5-7-13(14)12-15/h13-14,16H,3-12,15H2,1-2H3/t13?,14-/m0/s1. The molecule has 0 aromatic carbocycles. The second-order valence-corrected chi connectivity index (χ2v) is 5.50. The molecule has 3 N–H and O–H groups in total. The molecule has 1 aliphatic carbocycles. The third-order valence-electron chi connectivity index (χ3n) is 3.97. The minimum Gasteiger partial charge on any atom is -0.330 e. The van der Waals surface area contributed by atoms with Crippen molar-refractivity contribution in [3.05, 3.63) is 0 Å². The fraction of sp³-hybridized carbons (Fsp3) is 1.00. The summed E-state index contributed by atoms with van der Waals surface area (Å²) in [4.78, 5) is 2.40. The molecule has 3 heteroatoms. The number of likely N-dealkylation sites (N-methyl/N-ethyl adjacent to an activating group) is 1. The fourth-order valence-corrected chi connectivity index (χ4v) is 2.87. The summed E-state index contributed by atoms with van der Waals surface area (Å²) < 4.78 is 0. The van der Waals surface area contributed by atoms with E-state index in [0.29, 0.717) is 12.0 Å². The summed E-state index contributed by atoms with van der Waals surface area (Å²) >= 11 is 0. The van der Waals surface area contributed by atoms with Crippen LogP contribution in [0, 0.1) is 5.92 Å². The molecule has 0 spiro atoms. The normalized spacial score (nSPS) is 26.1. The summed E-state index contributed by atoms with van der Waals surface area (Å²) in [6.07, 6.45) is 8.02. The number of nitrogens with zero attached hydrogens (tertiary/aromatic N) is 1. The van der Waals surface area contributed by atoms with Crippen molar-refractivity contribution in [3.8, 4) is 0 Å². The lowest BCUT2D eigenvalue weighted by atomic mass is 9.95. The maximum absolute atomic E-state index is 5.89. The van der Waals surface area contributed by atoms with Gasteiger partial charge in [0.2, 0.25) is 0 Å². The zero-order valence-corrected chi connectivity index (χ0v) is 11.8. The third-order valence-corrected chi connectivity index (χ3v) is 3.97. The lowest BCUT2D eigenvalue weighted by Crippen LogP contribution is -2.42. The van der Waals surface area contributed by atoms with Crippen molar-refractivity contribution in [2.45, 2.75) is 51.5 Å². The van der Waals surface area contributed by atoms with Crippen LogP contribution in [0.15, 0.2) is 0 Å². The molecule has 102 valence electrons. The van der Waals surface area contributed by atoms with E-state index in [-0.39, 0.29) is 0 Å². The topological polar surface area (TPSA) is 41.3 Å². The monoisotopic (exact) mass is 241 g/mol. The quantitative estimate of drug-likeness (QED) is 0.668. The maximum atomic E-state index is 5.89. The number of rotatable bonds is 7. The predicted octanol–water partition coefficient (Wildman–Crippen LogP) is 1.83. The Morgan fingerprint density at radius 3 is 2.65 bits per heavy atom. The van der Waals surface area contributed by atoms with E-state index >= 15 is 0 Å². The Labute approximate surface area is 107 Å². The van der Waals surface area contributed by atoms with Gasteiger partial charge in [-0.3, -0.25) is 0 Å². The van der Waals surface area contributed by atoms with E-state index in [2.05, 4.69) is 24.2 Å². The van der Waals surface area contributed by atoms with Crippen molar-refractivity contribution in [2.24, 2.45) is 11.7 Å². The van der Waals surface area contributed by atoms with E-state index in [9.17, 15) is 0 Å². The Bertz CT molecular complexity index is 184. The molecule has 0 amide bonds. The minimum absolute atomic E-state index is 0.664. The van der Waals surface area contributed by atoms with Gasteiger partial charge in [0.1, 0.15) is 0 Å². The lowest BCUT2D eigenvalue weighted by Gasteiger charge is -2.26. The number of nitrogens with one attached hydrogen (secondary N) is 1. The largest absolute Gasteiger partial charge is 0.330 e. The molecule has 0 radical (unpaired) electrons. The number of nitrogens with two attached hydrogens (primary N) is 1. The zero-order chi connectivity index (χ0) is 12.5. The molecule has 1 rings (SSSR count). The maximum Gasteiger partial charge on any atom is 0.0108 e. The molecule has 3 nitrogen and oxygen atoms in total. The highest BCUT2D eigenvalue weighted by molar-refractivity contribution is 4.80. The summed E-state index contributed by atoms with van der Waals surface area (Å²) in [6, 6.07) is 0.664. The molecule has 2 atom stereocenters. The Hall–Kier alpha value is -0.120. The first-order chi connectivity index (χ1) is 8.27. The molecule has 1 aliphatic rings. The summed E-state index contributed by atoms with van der Waals surface area (Å²) in [5.41, 5.74) is 5.89. The molecule has 0 aromatic heterocycles. The fourth-order valence-electron chi connectivity index (χ4n) is 2.87. The minimum atomic E-state index is 0.664. The summed E-state index contributed by atoms with van der Waals surface area (Å²) in [5, 5.41) is 3.73. The van der Waals surface area contributed by atoms with E-state index in [1.165, 1.54) is 45.1 Å². The second kappa shape index (κ2) is 8.90. The van der Waals surface area contributed by atoms with Gasteiger partial charge in [0.25, 0.3) is 0 Å². The van der Waals surface area contributed by atoms with Crippen LogP contribution in [0.1, 0.15) is 45.4 Å². The van der Waals surface area contributed by atoms with Gasteiger partial charge in [-0.05, 0) is 45.3 Å². The summed E-state index contributed by atoms with van der Waals surface area (Å²) in [6.45, 7) is 6.55. The van der Waals surface area contributed by atoms with E-state index in [0.717, 1.165) is 19.6 Å². The first-order valence-electron chi connectivity index (χ1n) is 7.40. The first kappa shape index (κ1) is 14.9. The van der Waals surface area contributed by atoms with Gasteiger partial charge < -0.3 is 16.0 Å². The van der Waals surface area contributed by atoms with Crippen LogP contribution in [-0.2, 0) is 0 Å². The van der Waals surface area contributed by atoms with Crippen molar-refractivity contribution >= 4 is 0 Å². The van der Waals surface area contributed by atoms with Crippen LogP contribution in [0.5, 0.6) is 0 Å². The molecular formula is C14H31N3. The summed E-state index contributed by atoms with van der Waals surface area (Å²) in [5.74, 6) is 0.703. The molecule has 1 saturated carbocycles. The van der Waals surface area contributed by atoms with Crippen molar-refractivity contribution in [1.82, 2.24) is 10.2 Å². The molecule has 1 fully saturated rings. The van der Waals surface area contributed by atoms with Gasteiger partial charge in [-0.1, -0.05) is 26.2 Å². The average molecular weight is 241 g/mol. The second-order valence-electron chi connectivity index (χ2n) is 5.50. The van der Waals surface area contributed by atoms with Crippen LogP contribution in [0.2, 0.25) is 0 Å². The van der Waals surface area contributed by atoms with Crippen LogP contribution in [0.4, 0.5) is 0 Å². The highest BCUT2D eigenvalue weighted by Crippen LogP contribution is 2.22. The van der Waals surface area contributed by atoms with E-state index in [1.807, 2.05) is 0 Å². The first-order valence-corrected chi connectivity index (χ1v) is 7.40. The van der Waals surface area contributed by atoms with Crippen LogP contribution < -0.4 is 11.1 Å². The van der Waals surface area contributed by atoms with Crippen molar-refractivity contribution < 1.29 is 0 Å². The smallest absolute Gasteiger partial charge is 0.0108 e. The van der Waals surface area contributed by atoms with Gasteiger partial charge in [-0.25, -0.2) is 0 Å². The summed E-state index contributed by atoms with van der Waals surface area (Å²) in [7, 11) is 2.21. The Morgan fingerprint density at radius 2 is 1.94 bits per heavy atom. The van der Waals surface area contributed by atoms with Gasteiger partial charge >= 0.3 is 0 Å². The van der Waals surface area contributed by atoms with Crippen LogP contribution in [0.25, 0.3) is 0 Å². The van der Waals surface area contributed by atoms with Crippen LogP contribution >= 0.6 is 0 Å². The Morgan fingerprint density at radius 1 is 1.18 bits per heavy atom. The lowest BCUT2D eigenvalue weighted by molar-refractivity contribution is 0.294. The van der Waals surface area contributed by atoms with Gasteiger partial charge in [0, 0.05) is 19.1 Å². The van der Waals surface area contributed by atoms with Crippen molar-refractivity contribution in [2.75, 3.05) is 33.2 Å². The third kappa shape index (κ3) is 5.84. The number of hydrogen-bond donors (Lipinski definition) is 2. The van der Waals surface area contributed by atoms with Crippen molar-refractivity contribution in [3.63, 3.8) is 0 Å². The highest BCUT2D eigenvalue weighted by atomic mass is 15.1. The molecule has 1 unspecified atom stereocenters. The molecule has 0 aliphatic heterocycles. The van der Waals surface area contributed by atoms with Gasteiger partial charge in [-0.2, -0.15) is 0 Å². The molecule has 0 heterocycles. The zero-order valence-electron chi connectivity index (χ0n) is 11.8. The molecule has 17 heavy (non-hydrogen) atoms. The van der Waals surface area contributed by atoms with Crippen molar-refractivity contribution in [1.29, 1.82) is 0 Å². The van der Waals surface area contributed by atoms with E-state index in [1.54, 1.807) is 0 Å². The van der Waals surface area contributed by atoms with Crippen LogP contribution in [-0.4, -0.2) is 44.2 Å². The Kier molecular flexibility index (Phi) is 7.82. The van der Waals surface area contributed by atoms with E-state index < -0.39 is 0 Å². The van der Waals surface area contributed by atoms with Gasteiger partial charge in [-0.15, -0.1) is 0 Å². The average Bonchev–Trinajstić information content (AvgIpc) is 2.54. The predicted molar refractivity (Wildman–Crippen MR) is 75.2 cm³/mol. The van der Waals surface area contributed by atoms with E-state index in [4.69, 9.17) is 5.73 Å². The molecule has 0 bridgehead atoms. The molecule has 0 aromatic rings. The molecular weight excluding hydrogens is 210 g/mol. The number of hydrogen-bond acceptors (Lipinski definition) is 3. The van der Waals surface area contributed by atoms with Gasteiger partial charge in [0.05, 0.1) is 0 Å². The highest BCUT2D eigenvalue weighted by Gasteiger charge is 2.21. The molecule has 0 saturated heterocycles. The van der Waals surface area contributed by atoms with Crippen LogP contribution in [0.3, 0.4) is 0 Å². The SMILES string of the molecule is CCCN(C)CCN[C@H]1CCCCCC1CN. The van der Waals surface area contributed by atoms with Gasteiger partial charge in [0.15, 0.2) is 0 Å².